The number of benzene rings is 2. The Kier molecular flexibility index (Phi) is 3.76. The van der Waals surface area contributed by atoms with Crippen molar-refractivity contribution in [3.8, 4) is 0 Å². The highest BCUT2D eigenvalue weighted by molar-refractivity contribution is 14.1. The molecule has 16 heavy (non-hydrogen) atoms. The molecule has 0 aromatic heterocycles. The zero-order chi connectivity index (χ0) is 11.5. The van der Waals surface area contributed by atoms with Gasteiger partial charge in [0.15, 0.2) is 0 Å². The first-order valence-corrected chi connectivity index (χ1v) is 7.14. The van der Waals surface area contributed by atoms with Crippen LogP contribution >= 0.6 is 22.6 Å². The van der Waals surface area contributed by atoms with Crippen molar-refractivity contribution >= 4 is 33.4 Å². The fraction of sp³-hybridized carbons (Fsp3) is 0.0769. The zero-order valence-electron chi connectivity index (χ0n) is 8.81. The summed E-state index contributed by atoms with van der Waals surface area (Å²) in [6, 6.07) is 15.6. The van der Waals surface area contributed by atoms with Crippen LogP contribution in [-0.2, 0) is 10.8 Å². The van der Waals surface area contributed by atoms with Gasteiger partial charge in [0.25, 0.3) is 0 Å². The van der Waals surface area contributed by atoms with Crippen molar-refractivity contribution in [2.24, 2.45) is 0 Å². The number of hydrogen-bond donors (Lipinski definition) is 0. The second kappa shape index (κ2) is 5.10. The van der Waals surface area contributed by atoms with Gasteiger partial charge in [0.1, 0.15) is 0 Å². The lowest BCUT2D eigenvalue weighted by atomic mass is 10.2. The molecule has 1 nitrogen and oxygen atoms in total. The van der Waals surface area contributed by atoms with Crippen molar-refractivity contribution in [3.63, 3.8) is 0 Å². The molecule has 0 N–H and O–H groups in total. The molecule has 0 saturated carbocycles. The summed E-state index contributed by atoms with van der Waals surface area (Å²) in [5.41, 5.74) is 1.18. The molecule has 2 aromatic carbocycles. The Bertz CT molecular complexity index is 520. The summed E-state index contributed by atoms with van der Waals surface area (Å²) in [6.45, 7) is 2.03. The van der Waals surface area contributed by atoms with E-state index in [1.807, 2.05) is 55.5 Å². The molecule has 0 spiro atoms. The summed E-state index contributed by atoms with van der Waals surface area (Å²) < 4.78 is 13.3. The van der Waals surface area contributed by atoms with Crippen molar-refractivity contribution in [3.05, 3.63) is 57.7 Å². The van der Waals surface area contributed by atoms with E-state index in [-0.39, 0.29) is 0 Å². The molecule has 0 amide bonds. The summed E-state index contributed by atoms with van der Waals surface area (Å²) >= 11 is 2.22. The summed E-state index contributed by atoms with van der Waals surface area (Å²) in [4.78, 5) is 1.74. The van der Waals surface area contributed by atoms with E-state index in [1.165, 1.54) is 5.56 Å². The number of aryl methyl sites for hydroxylation is 1. The van der Waals surface area contributed by atoms with Crippen LogP contribution in [0, 0.1) is 10.5 Å². The lowest BCUT2D eigenvalue weighted by molar-refractivity contribution is 0.682. The molecule has 3 heteroatoms. The minimum Gasteiger partial charge on any atom is -0.249 e. The molecule has 82 valence electrons. The van der Waals surface area contributed by atoms with E-state index in [2.05, 4.69) is 22.6 Å². The molecule has 0 aliphatic rings. The molecule has 0 aliphatic heterocycles. The Morgan fingerprint density at radius 1 is 1.00 bits per heavy atom. The fourth-order valence-electron chi connectivity index (χ4n) is 1.38. The third-order valence-corrected chi connectivity index (χ3v) is 5.03. The topological polar surface area (TPSA) is 17.1 Å². The highest BCUT2D eigenvalue weighted by Crippen LogP contribution is 2.21. The van der Waals surface area contributed by atoms with Gasteiger partial charge in [0.05, 0.1) is 15.7 Å². The summed E-state index contributed by atoms with van der Waals surface area (Å²) in [6.07, 6.45) is 0. The monoisotopic (exact) mass is 342 g/mol. The molecule has 2 rings (SSSR count). The number of hydrogen-bond acceptors (Lipinski definition) is 1. The third kappa shape index (κ3) is 2.52. The first-order chi connectivity index (χ1) is 7.68. The van der Waals surface area contributed by atoms with Crippen LogP contribution in [0.15, 0.2) is 58.3 Å². The Hall–Kier alpha value is -0.680. The van der Waals surface area contributed by atoms with Crippen molar-refractivity contribution < 1.29 is 4.21 Å². The lowest BCUT2D eigenvalue weighted by Gasteiger charge is -2.04. The van der Waals surface area contributed by atoms with Crippen molar-refractivity contribution in [1.82, 2.24) is 0 Å². The molecular formula is C13H11IOS. The Labute approximate surface area is 111 Å². The van der Waals surface area contributed by atoms with Crippen molar-refractivity contribution in [2.45, 2.75) is 16.7 Å². The number of rotatable bonds is 2. The van der Waals surface area contributed by atoms with Crippen LogP contribution in [0.2, 0.25) is 0 Å². The van der Waals surface area contributed by atoms with E-state index in [9.17, 15) is 4.21 Å². The average molecular weight is 342 g/mol. The summed E-state index contributed by atoms with van der Waals surface area (Å²) in [5.74, 6) is 0. The maximum atomic E-state index is 12.3. The van der Waals surface area contributed by atoms with Crippen LogP contribution in [0.25, 0.3) is 0 Å². The van der Waals surface area contributed by atoms with Gasteiger partial charge in [0, 0.05) is 8.47 Å². The van der Waals surface area contributed by atoms with Crippen LogP contribution in [-0.4, -0.2) is 4.21 Å². The minimum absolute atomic E-state index is 0.856. The van der Waals surface area contributed by atoms with Gasteiger partial charge in [-0.3, -0.25) is 0 Å². The Morgan fingerprint density at radius 2 is 1.62 bits per heavy atom. The maximum Gasteiger partial charge on any atom is 0.0860 e. The highest BCUT2D eigenvalue weighted by Gasteiger charge is 2.09. The average Bonchev–Trinajstić information content (AvgIpc) is 2.30. The predicted octanol–water partition coefficient (Wildman–Crippen LogP) is 3.77. The van der Waals surface area contributed by atoms with Crippen LogP contribution in [0.3, 0.4) is 0 Å². The minimum atomic E-state index is -1.07. The van der Waals surface area contributed by atoms with Gasteiger partial charge in [-0.1, -0.05) is 29.8 Å². The van der Waals surface area contributed by atoms with Gasteiger partial charge in [-0.15, -0.1) is 0 Å². The first kappa shape index (κ1) is 11.8. The van der Waals surface area contributed by atoms with E-state index in [4.69, 9.17) is 0 Å². The van der Waals surface area contributed by atoms with Gasteiger partial charge in [0.2, 0.25) is 0 Å². The highest BCUT2D eigenvalue weighted by atomic mass is 127. The van der Waals surface area contributed by atoms with Crippen LogP contribution in [0.5, 0.6) is 0 Å². The van der Waals surface area contributed by atoms with E-state index in [0.717, 1.165) is 13.4 Å². The zero-order valence-corrected chi connectivity index (χ0v) is 11.8. The van der Waals surface area contributed by atoms with E-state index >= 15 is 0 Å². The number of halogens is 1. The largest absolute Gasteiger partial charge is 0.249 e. The second-order valence-corrected chi connectivity index (χ2v) is 6.12. The van der Waals surface area contributed by atoms with Crippen molar-refractivity contribution in [1.29, 1.82) is 0 Å². The fourth-order valence-corrected chi connectivity index (χ4v) is 3.46. The quantitative estimate of drug-likeness (QED) is 0.760. The Morgan fingerprint density at radius 3 is 2.25 bits per heavy atom. The Balaban J connectivity index is 2.40. The summed E-state index contributed by atoms with van der Waals surface area (Å²) in [5, 5.41) is 0. The predicted molar refractivity (Wildman–Crippen MR) is 75.0 cm³/mol. The van der Waals surface area contributed by atoms with Crippen molar-refractivity contribution in [2.75, 3.05) is 0 Å². The maximum absolute atomic E-state index is 12.3. The molecular weight excluding hydrogens is 331 g/mol. The smallest absolute Gasteiger partial charge is 0.0860 e. The standard InChI is InChI=1S/C13H11IOS/c1-10-6-8-11(9-7-10)16(15)13-5-3-2-4-12(13)14/h2-9H,1H3. The molecule has 0 fully saturated rings. The van der Waals surface area contributed by atoms with Gasteiger partial charge in [-0.25, -0.2) is 4.21 Å². The molecule has 0 saturated heterocycles. The van der Waals surface area contributed by atoms with Gasteiger partial charge in [-0.05, 0) is 53.8 Å². The van der Waals surface area contributed by atoms with Crippen LogP contribution in [0.4, 0.5) is 0 Å². The molecule has 1 atom stereocenters. The summed E-state index contributed by atoms with van der Waals surface area (Å²) in [7, 11) is -1.07. The van der Waals surface area contributed by atoms with E-state index in [1.54, 1.807) is 0 Å². The van der Waals surface area contributed by atoms with Crippen LogP contribution < -0.4 is 0 Å². The van der Waals surface area contributed by atoms with Gasteiger partial charge < -0.3 is 0 Å². The van der Waals surface area contributed by atoms with Crippen LogP contribution in [0.1, 0.15) is 5.56 Å². The molecule has 0 radical (unpaired) electrons. The molecule has 0 aliphatic carbocycles. The van der Waals surface area contributed by atoms with Gasteiger partial charge in [-0.2, -0.15) is 0 Å². The first-order valence-electron chi connectivity index (χ1n) is 4.91. The molecule has 0 bridgehead atoms. The van der Waals surface area contributed by atoms with E-state index in [0.29, 0.717) is 0 Å². The third-order valence-electron chi connectivity index (χ3n) is 2.27. The molecule has 2 aromatic rings. The second-order valence-electron chi connectivity index (χ2n) is 3.51. The molecule has 0 heterocycles. The lowest BCUT2D eigenvalue weighted by Crippen LogP contribution is -1.95. The van der Waals surface area contributed by atoms with E-state index < -0.39 is 10.8 Å². The SMILES string of the molecule is Cc1ccc(S(=O)c2ccccc2I)cc1. The normalized spacial score (nSPS) is 12.4. The molecule has 1 unspecified atom stereocenters. The van der Waals surface area contributed by atoms with Gasteiger partial charge >= 0.3 is 0 Å².